The van der Waals surface area contributed by atoms with E-state index in [1.54, 1.807) is 12.1 Å². The summed E-state index contributed by atoms with van der Waals surface area (Å²) in [6, 6.07) is 8.34. The van der Waals surface area contributed by atoms with Crippen LogP contribution in [0.15, 0.2) is 30.3 Å². The van der Waals surface area contributed by atoms with Crippen molar-refractivity contribution in [1.29, 1.82) is 0 Å². The number of carboxylic acid groups (broad SMARTS) is 1. The molecule has 4 N–H and O–H groups in total. The van der Waals surface area contributed by atoms with Crippen LogP contribution in [-0.4, -0.2) is 35.7 Å². The van der Waals surface area contributed by atoms with Crippen molar-refractivity contribution in [3.63, 3.8) is 0 Å². The highest BCUT2D eigenvalue weighted by Crippen LogP contribution is 2.19. The maximum Gasteiger partial charge on any atom is 0.332 e. The highest BCUT2D eigenvalue weighted by molar-refractivity contribution is 5.82. The van der Waals surface area contributed by atoms with E-state index in [9.17, 15) is 9.59 Å². The number of hydrogen-bond donors (Lipinski definition) is 3. The third-order valence-electron chi connectivity index (χ3n) is 3.33. The molecule has 1 aromatic rings. The molecule has 0 aromatic heterocycles. The van der Waals surface area contributed by atoms with E-state index >= 15 is 0 Å². The number of nitrogens with two attached hydrogens (primary N) is 1. The van der Waals surface area contributed by atoms with Crippen LogP contribution in [-0.2, 0) is 14.3 Å². The summed E-state index contributed by atoms with van der Waals surface area (Å²) in [6.07, 6.45) is 0.0704. The molecule has 0 spiro atoms. The summed E-state index contributed by atoms with van der Waals surface area (Å²) in [5, 5.41) is 11.5. The number of aliphatic carboxylic acids is 1. The lowest BCUT2D eigenvalue weighted by Gasteiger charge is -2.15. The van der Waals surface area contributed by atoms with E-state index in [0.717, 1.165) is 5.56 Å². The van der Waals surface area contributed by atoms with Crippen molar-refractivity contribution in [2.45, 2.75) is 31.1 Å². The standard InChI is InChI=1S/C14H18N2O4/c15-12(9-4-2-1-3-5-9)13(17)16-8-10-6-7-11(20-10)14(18)19/h1-5,10-12H,6-8,15H2,(H,16,17)(H,18,19)/t10?,11?,12-/m0/s1. The largest absolute Gasteiger partial charge is 0.479 e. The fraction of sp³-hybridized carbons (Fsp3) is 0.429. The molecule has 0 radical (unpaired) electrons. The minimum Gasteiger partial charge on any atom is -0.479 e. The second-order valence-electron chi connectivity index (χ2n) is 4.80. The van der Waals surface area contributed by atoms with Gasteiger partial charge < -0.3 is 20.9 Å². The highest BCUT2D eigenvalue weighted by atomic mass is 16.5. The van der Waals surface area contributed by atoms with Crippen molar-refractivity contribution in [2.24, 2.45) is 5.73 Å². The van der Waals surface area contributed by atoms with Gasteiger partial charge in [-0.2, -0.15) is 0 Å². The van der Waals surface area contributed by atoms with E-state index in [0.29, 0.717) is 12.8 Å². The molecule has 0 saturated carbocycles. The number of carbonyl (C=O) groups excluding carboxylic acids is 1. The van der Waals surface area contributed by atoms with Crippen LogP contribution in [0, 0.1) is 0 Å². The molecule has 3 atom stereocenters. The monoisotopic (exact) mass is 278 g/mol. The van der Waals surface area contributed by atoms with Gasteiger partial charge in [0.15, 0.2) is 6.10 Å². The smallest absolute Gasteiger partial charge is 0.332 e. The lowest BCUT2D eigenvalue weighted by atomic mass is 10.1. The number of amides is 1. The van der Waals surface area contributed by atoms with E-state index in [4.69, 9.17) is 15.6 Å². The van der Waals surface area contributed by atoms with Gasteiger partial charge in [-0.05, 0) is 18.4 Å². The Morgan fingerprint density at radius 2 is 2.05 bits per heavy atom. The Hall–Kier alpha value is -1.92. The summed E-state index contributed by atoms with van der Waals surface area (Å²) in [4.78, 5) is 22.7. The number of carbonyl (C=O) groups is 2. The van der Waals surface area contributed by atoms with Gasteiger partial charge in [0.2, 0.25) is 5.91 Å². The first-order valence-electron chi connectivity index (χ1n) is 6.54. The van der Waals surface area contributed by atoms with E-state index in [1.807, 2.05) is 18.2 Å². The van der Waals surface area contributed by atoms with E-state index in [2.05, 4.69) is 5.32 Å². The van der Waals surface area contributed by atoms with Crippen molar-refractivity contribution in [3.8, 4) is 0 Å². The number of ether oxygens (including phenoxy) is 1. The highest BCUT2D eigenvalue weighted by Gasteiger charge is 2.30. The van der Waals surface area contributed by atoms with Crippen LogP contribution in [0.1, 0.15) is 24.4 Å². The summed E-state index contributed by atoms with van der Waals surface area (Å²) < 4.78 is 5.30. The third kappa shape index (κ3) is 3.55. The number of benzene rings is 1. The molecule has 20 heavy (non-hydrogen) atoms. The summed E-state index contributed by atoms with van der Waals surface area (Å²) in [5.41, 5.74) is 6.59. The van der Waals surface area contributed by atoms with Crippen LogP contribution >= 0.6 is 0 Å². The fourth-order valence-corrected chi connectivity index (χ4v) is 2.17. The SMILES string of the molecule is N[C@H](C(=O)NCC1CCC(C(=O)O)O1)c1ccccc1. The molecule has 0 bridgehead atoms. The first-order valence-corrected chi connectivity index (χ1v) is 6.54. The van der Waals surface area contributed by atoms with Crippen LogP contribution in [0.3, 0.4) is 0 Å². The molecule has 0 aliphatic carbocycles. The molecular weight excluding hydrogens is 260 g/mol. The normalized spacial score (nSPS) is 23.2. The lowest BCUT2D eigenvalue weighted by molar-refractivity contribution is -0.149. The fourth-order valence-electron chi connectivity index (χ4n) is 2.17. The first kappa shape index (κ1) is 14.5. The zero-order chi connectivity index (χ0) is 14.5. The van der Waals surface area contributed by atoms with Crippen molar-refractivity contribution in [3.05, 3.63) is 35.9 Å². The molecule has 1 aliphatic rings. The summed E-state index contributed by atoms with van der Waals surface area (Å²) in [6.45, 7) is 0.281. The van der Waals surface area contributed by atoms with Gasteiger partial charge in [0.1, 0.15) is 6.04 Å². The van der Waals surface area contributed by atoms with Crippen LogP contribution in [0.25, 0.3) is 0 Å². The molecule has 6 nitrogen and oxygen atoms in total. The lowest BCUT2D eigenvalue weighted by Crippen LogP contribution is -2.38. The zero-order valence-electron chi connectivity index (χ0n) is 11.0. The maximum absolute atomic E-state index is 11.9. The van der Waals surface area contributed by atoms with Gasteiger partial charge in [-0.3, -0.25) is 4.79 Å². The third-order valence-corrected chi connectivity index (χ3v) is 3.33. The van der Waals surface area contributed by atoms with Gasteiger partial charge >= 0.3 is 5.97 Å². The van der Waals surface area contributed by atoms with Crippen LogP contribution in [0.2, 0.25) is 0 Å². The van der Waals surface area contributed by atoms with Crippen molar-refractivity contribution in [2.75, 3.05) is 6.54 Å². The maximum atomic E-state index is 11.9. The Morgan fingerprint density at radius 3 is 2.65 bits per heavy atom. The van der Waals surface area contributed by atoms with Gasteiger partial charge in [-0.15, -0.1) is 0 Å². The Bertz CT molecular complexity index is 477. The number of nitrogens with one attached hydrogen (secondary N) is 1. The Morgan fingerprint density at radius 1 is 1.35 bits per heavy atom. The van der Waals surface area contributed by atoms with Gasteiger partial charge in [0, 0.05) is 6.54 Å². The van der Waals surface area contributed by atoms with Gasteiger partial charge in [0.25, 0.3) is 0 Å². The minimum atomic E-state index is -0.959. The molecule has 1 fully saturated rings. The van der Waals surface area contributed by atoms with Crippen molar-refractivity contribution in [1.82, 2.24) is 5.32 Å². The van der Waals surface area contributed by atoms with Crippen molar-refractivity contribution < 1.29 is 19.4 Å². The Labute approximate surface area is 116 Å². The molecule has 1 amide bonds. The minimum absolute atomic E-state index is 0.261. The quantitative estimate of drug-likeness (QED) is 0.725. The second-order valence-corrected chi connectivity index (χ2v) is 4.80. The van der Waals surface area contributed by atoms with E-state index in [-0.39, 0.29) is 18.6 Å². The van der Waals surface area contributed by atoms with Gasteiger partial charge in [-0.25, -0.2) is 4.79 Å². The number of rotatable bonds is 5. The molecule has 1 heterocycles. The molecule has 1 aromatic carbocycles. The summed E-state index contributed by atoms with van der Waals surface area (Å²) >= 11 is 0. The summed E-state index contributed by atoms with van der Waals surface area (Å²) in [5.74, 6) is -1.25. The average molecular weight is 278 g/mol. The first-order chi connectivity index (χ1) is 9.58. The predicted molar refractivity (Wildman–Crippen MR) is 71.9 cm³/mol. The molecule has 2 rings (SSSR count). The molecule has 6 heteroatoms. The molecule has 108 valence electrons. The van der Waals surface area contributed by atoms with E-state index in [1.165, 1.54) is 0 Å². The molecule has 1 aliphatic heterocycles. The topological polar surface area (TPSA) is 102 Å². The second kappa shape index (κ2) is 6.49. The molecule has 2 unspecified atom stereocenters. The average Bonchev–Trinajstić information content (AvgIpc) is 2.94. The van der Waals surface area contributed by atoms with Crippen LogP contribution in [0.5, 0.6) is 0 Å². The molecular formula is C14H18N2O4. The van der Waals surface area contributed by atoms with Crippen LogP contribution in [0.4, 0.5) is 0 Å². The Balaban J connectivity index is 1.80. The number of hydrogen-bond acceptors (Lipinski definition) is 4. The Kier molecular flexibility index (Phi) is 4.70. The van der Waals surface area contributed by atoms with Crippen molar-refractivity contribution >= 4 is 11.9 Å². The predicted octanol–water partition coefficient (Wildman–Crippen LogP) is 0.435. The zero-order valence-corrected chi connectivity index (χ0v) is 11.0. The van der Waals surface area contributed by atoms with E-state index < -0.39 is 18.1 Å². The van der Waals surface area contributed by atoms with Gasteiger partial charge in [0.05, 0.1) is 6.10 Å². The number of carboxylic acids is 1. The molecule has 1 saturated heterocycles. The summed E-state index contributed by atoms with van der Waals surface area (Å²) in [7, 11) is 0. The van der Waals surface area contributed by atoms with Gasteiger partial charge in [-0.1, -0.05) is 30.3 Å². The van der Waals surface area contributed by atoms with Crippen LogP contribution < -0.4 is 11.1 Å².